The zero-order valence-corrected chi connectivity index (χ0v) is 19.5. The van der Waals surface area contributed by atoms with Crippen molar-refractivity contribution in [3.8, 4) is 11.1 Å². The molecule has 4 rings (SSSR count). The number of halogens is 1. The number of anilines is 1. The van der Waals surface area contributed by atoms with Crippen LogP contribution in [0.1, 0.15) is 18.9 Å². The summed E-state index contributed by atoms with van der Waals surface area (Å²) in [5.41, 5.74) is 3.14. The first-order chi connectivity index (χ1) is 14.9. The average Bonchev–Trinajstić information content (AvgIpc) is 2.76. The smallest absolute Gasteiger partial charge is 0.265 e. The number of fused-ring (bicyclic) bond motifs is 3. The summed E-state index contributed by atoms with van der Waals surface area (Å²) in [5.74, 6) is -0.322. The lowest BCUT2D eigenvalue weighted by Crippen LogP contribution is -2.44. The molecule has 0 aliphatic carbocycles. The number of aryl methyl sites for hydroxylation is 1. The number of hydrogen-bond acceptors (Lipinski definition) is 3. The van der Waals surface area contributed by atoms with Crippen molar-refractivity contribution in [2.45, 2.75) is 30.7 Å². The molecular formula is C24H23BrN2O3S. The van der Waals surface area contributed by atoms with Crippen LogP contribution >= 0.6 is 15.9 Å². The van der Waals surface area contributed by atoms with Crippen molar-refractivity contribution in [2.24, 2.45) is 0 Å². The van der Waals surface area contributed by atoms with Crippen LogP contribution in [-0.4, -0.2) is 26.9 Å². The minimum Gasteiger partial charge on any atom is -0.352 e. The number of nitrogens with zero attached hydrogens (tertiary/aromatic N) is 1. The van der Waals surface area contributed by atoms with Crippen molar-refractivity contribution < 1.29 is 13.2 Å². The van der Waals surface area contributed by atoms with Crippen LogP contribution in [0.4, 0.5) is 5.69 Å². The van der Waals surface area contributed by atoms with Crippen LogP contribution in [0, 0.1) is 0 Å². The summed E-state index contributed by atoms with van der Waals surface area (Å²) in [6, 6.07) is 22.3. The Bertz CT molecular complexity index is 1210. The highest BCUT2D eigenvalue weighted by molar-refractivity contribution is 9.10. The van der Waals surface area contributed by atoms with Crippen molar-refractivity contribution in [1.82, 2.24) is 5.32 Å². The highest BCUT2D eigenvalue weighted by atomic mass is 79.9. The standard InChI is InChI=1S/C24H23BrN2O3S/c1-17(11-12-18-7-3-2-4-8-18)26-24(28)16-27-22-14-13-19(25)15-21(22)20-9-5-6-10-23(20)31(27,29)30/h2-10,13-15,17H,11-12,16H2,1H3,(H,26,28). The van der Waals surface area contributed by atoms with Gasteiger partial charge < -0.3 is 5.32 Å². The minimum absolute atomic E-state index is 0.0723. The topological polar surface area (TPSA) is 66.5 Å². The van der Waals surface area contributed by atoms with Gasteiger partial charge in [0.25, 0.3) is 10.0 Å². The number of sulfonamides is 1. The van der Waals surface area contributed by atoms with Gasteiger partial charge in [0.15, 0.2) is 0 Å². The van der Waals surface area contributed by atoms with Crippen molar-refractivity contribution in [2.75, 3.05) is 10.8 Å². The van der Waals surface area contributed by atoms with E-state index in [1.807, 2.05) is 37.3 Å². The lowest BCUT2D eigenvalue weighted by atomic mass is 10.0. The third kappa shape index (κ3) is 4.52. The molecule has 1 amide bonds. The van der Waals surface area contributed by atoms with Gasteiger partial charge in [-0.05, 0) is 49.6 Å². The molecule has 3 aromatic carbocycles. The molecule has 0 saturated carbocycles. The molecule has 5 nitrogen and oxygen atoms in total. The Labute approximate surface area is 191 Å². The van der Waals surface area contributed by atoms with Crippen LogP contribution in [0.5, 0.6) is 0 Å². The summed E-state index contributed by atoms with van der Waals surface area (Å²) in [6.07, 6.45) is 1.61. The van der Waals surface area contributed by atoms with Gasteiger partial charge in [0.05, 0.1) is 10.6 Å². The molecule has 31 heavy (non-hydrogen) atoms. The zero-order chi connectivity index (χ0) is 22.0. The van der Waals surface area contributed by atoms with Gasteiger partial charge in [-0.2, -0.15) is 0 Å². The second kappa shape index (κ2) is 8.85. The molecule has 3 aromatic rings. The maximum absolute atomic E-state index is 13.3. The molecule has 1 N–H and O–H groups in total. The van der Waals surface area contributed by atoms with E-state index in [1.165, 1.54) is 9.87 Å². The number of carbonyl (C=O) groups excluding carboxylic acids is 1. The molecule has 1 unspecified atom stereocenters. The summed E-state index contributed by atoms with van der Waals surface area (Å²) < 4.78 is 28.7. The van der Waals surface area contributed by atoms with Crippen molar-refractivity contribution >= 4 is 37.5 Å². The van der Waals surface area contributed by atoms with Crippen LogP contribution in [0.15, 0.2) is 82.2 Å². The van der Waals surface area contributed by atoms with E-state index in [1.54, 1.807) is 30.3 Å². The Balaban J connectivity index is 1.53. The largest absolute Gasteiger partial charge is 0.352 e. The predicted octanol–water partition coefficient (Wildman–Crippen LogP) is 4.76. The number of nitrogens with one attached hydrogen (secondary N) is 1. The first-order valence-electron chi connectivity index (χ1n) is 10.1. The Morgan fingerprint density at radius 3 is 2.48 bits per heavy atom. The molecule has 160 valence electrons. The van der Waals surface area contributed by atoms with Gasteiger partial charge >= 0.3 is 0 Å². The number of hydrogen-bond donors (Lipinski definition) is 1. The summed E-state index contributed by atoms with van der Waals surface area (Å²) in [7, 11) is -3.84. The van der Waals surface area contributed by atoms with Crippen LogP contribution in [0.3, 0.4) is 0 Å². The van der Waals surface area contributed by atoms with Gasteiger partial charge in [-0.25, -0.2) is 8.42 Å². The second-order valence-corrected chi connectivity index (χ2v) is 10.4. The highest BCUT2D eigenvalue weighted by Gasteiger charge is 2.36. The Kier molecular flexibility index (Phi) is 6.16. The van der Waals surface area contributed by atoms with E-state index < -0.39 is 10.0 Å². The molecule has 0 spiro atoms. The average molecular weight is 499 g/mol. The summed E-state index contributed by atoms with van der Waals surface area (Å²) in [6.45, 7) is 1.67. The van der Waals surface area contributed by atoms with Crippen LogP contribution in [-0.2, 0) is 21.2 Å². The van der Waals surface area contributed by atoms with Gasteiger partial charge in [0.2, 0.25) is 5.91 Å². The molecule has 0 fully saturated rings. The molecule has 1 aliphatic rings. The van der Waals surface area contributed by atoms with Gasteiger partial charge in [-0.15, -0.1) is 0 Å². The van der Waals surface area contributed by atoms with Gasteiger partial charge in [0.1, 0.15) is 6.54 Å². The SMILES string of the molecule is CC(CCc1ccccc1)NC(=O)CN1c2ccc(Br)cc2-c2ccccc2S1(=O)=O. The van der Waals surface area contributed by atoms with Crippen molar-refractivity contribution in [3.05, 3.63) is 82.8 Å². The monoisotopic (exact) mass is 498 g/mol. The van der Waals surface area contributed by atoms with Gasteiger partial charge in [0, 0.05) is 21.6 Å². The Morgan fingerprint density at radius 2 is 1.71 bits per heavy atom. The van der Waals surface area contributed by atoms with Crippen LogP contribution in [0.2, 0.25) is 0 Å². The molecule has 0 aromatic heterocycles. The Morgan fingerprint density at radius 1 is 1.00 bits per heavy atom. The molecule has 0 saturated heterocycles. The predicted molar refractivity (Wildman–Crippen MR) is 126 cm³/mol. The Hall–Kier alpha value is -2.64. The zero-order valence-electron chi connectivity index (χ0n) is 17.1. The van der Waals surface area contributed by atoms with Crippen LogP contribution < -0.4 is 9.62 Å². The van der Waals surface area contributed by atoms with E-state index >= 15 is 0 Å². The normalized spacial score (nSPS) is 15.0. The third-order valence-corrected chi connectivity index (χ3v) is 7.69. The molecule has 1 atom stereocenters. The van der Waals surface area contributed by atoms with Crippen molar-refractivity contribution in [1.29, 1.82) is 0 Å². The molecule has 0 bridgehead atoms. The van der Waals surface area contributed by atoms with E-state index in [9.17, 15) is 13.2 Å². The summed E-state index contributed by atoms with van der Waals surface area (Å²) in [4.78, 5) is 13.0. The van der Waals surface area contributed by atoms with E-state index in [4.69, 9.17) is 0 Å². The highest BCUT2D eigenvalue weighted by Crippen LogP contribution is 2.43. The van der Waals surface area contributed by atoms with E-state index in [2.05, 4.69) is 33.4 Å². The van der Waals surface area contributed by atoms with Gasteiger partial charge in [-0.1, -0.05) is 64.5 Å². The van der Waals surface area contributed by atoms with Crippen LogP contribution in [0.25, 0.3) is 11.1 Å². The quantitative estimate of drug-likeness (QED) is 0.532. The number of carbonyl (C=O) groups is 1. The fourth-order valence-corrected chi connectivity index (χ4v) is 5.84. The van der Waals surface area contributed by atoms with E-state index in [-0.39, 0.29) is 23.4 Å². The molecular weight excluding hydrogens is 476 g/mol. The maximum atomic E-state index is 13.3. The van der Waals surface area contributed by atoms with Crippen molar-refractivity contribution in [3.63, 3.8) is 0 Å². The fraction of sp³-hybridized carbons (Fsp3) is 0.208. The summed E-state index contributed by atoms with van der Waals surface area (Å²) >= 11 is 3.46. The molecule has 7 heteroatoms. The lowest BCUT2D eigenvalue weighted by molar-refractivity contribution is -0.120. The fourth-order valence-electron chi connectivity index (χ4n) is 3.82. The lowest BCUT2D eigenvalue weighted by Gasteiger charge is -2.32. The van der Waals surface area contributed by atoms with E-state index in [0.717, 1.165) is 22.9 Å². The summed E-state index contributed by atoms with van der Waals surface area (Å²) in [5, 5.41) is 2.95. The molecule has 0 radical (unpaired) electrons. The number of amides is 1. The molecule has 1 heterocycles. The first-order valence-corrected chi connectivity index (χ1v) is 12.3. The minimum atomic E-state index is -3.84. The number of rotatable bonds is 6. The second-order valence-electron chi connectivity index (χ2n) is 7.66. The third-order valence-electron chi connectivity index (χ3n) is 5.38. The number of benzene rings is 3. The van der Waals surface area contributed by atoms with E-state index in [0.29, 0.717) is 11.3 Å². The van der Waals surface area contributed by atoms with Gasteiger partial charge in [-0.3, -0.25) is 9.10 Å². The first kappa shape index (κ1) is 21.6. The molecule has 1 aliphatic heterocycles. The maximum Gasteiger partial charge on any atom is 0.265 e.